The number of para-hydroxylation sites is 2. The van der Waals surface area contributed by atoms with E-state index in [1.54, 1.807) is 0 Å². The van der Waals surface area contributed by atoms with Crippen molar-refractivity contribution in [3.05, 3.63) is 60.2 Å². The first-order valence-corrected chi connectivity index (χ1v) is 9.80. The highest BCUT2D eigenvalue weighted by Crippen LogP contribution is 2.22. The highest BCUT2D eigenvalue weighted by atomic mass is 16.5. The minimum Gasteiger partial charge on any atom is -0.492 e. The Kier molecular flexibility index (Phi) is 5.58. The average molecular weight is 365 g/mol. The van der Waals surface area contributed by atoms with Crippen molar-refractivity contribution in [2.45, 2.75) is 13.0 Å². The number of amides is 1. The number of rotatable bonds is 3. The molecule has 0 aromatic heterocycles. The third-order valence-electron chi connectivity index (χ3n) is 5.36. The molecule has 0 radical (unpaired) electrons. The molecule has 5 nitrogen and oxygen atoms in total. The number of carbonyl (C=O) groups is 1. The molecule has 0 N–H and O–H groups in total. The van der Waals surface area contributed by atoms with E-state index in [1.165, 1.54) is 5.69 Å². The first-order valence-electron chi connectivity index (χ1n) is 9.80. The monoisotopic (exact) mass is 365 g/mol. The Balaban J connectivity index is 1.34. The van der Waals surface area contributed by atoms with Crippen LogP contribution in [0.1, 0.15) is 12.0 Å². The molecule has 142 valence electrons. The van der Waals surface area contributed by atoms with Gasteiger partial charge in [0.1, 0.15) is 12.4 Å². The number of nitrogens with zero attached hydrogens (tertiary/aromatic N) is 3. The molecule has 2 aliphatic rings. The zero-order chi connectivity index (χ0) is 18.5. The minimum atomic E-state index is 0.226. The second kappa shape index (κ2) is 8.44. The van der Waals surface area contributed by atoms with Gasteiger partial charge in [0.05, 0.1) is 6.54 Å². The first kappa shape index (κ1) is 17.9. The zero-order valence-corrected chi connectivity index (χ0v) is 15.7. The molecule has 2 aromatic carbocycles. The van der Waals surface area contributed by atoms with Crippen LogP contribution < -0.4 is 9.64 Å². The largest absolute Gasteiger partial charge is 0.492 e. The molecular weight excluding hydrogens is 338 g/mol. The van der Waals surface area contributed by atoms with Crippen molar-refractivity contribution in [3.63, 3.8) is 0 Å². The van der Waals surface area contributed by atoms with E-state index in [4.69, 9.17) is 4.74 Å². The molecule has 1 amide bonds. The molecule has 2 aromatic rings. The molecular formula is C22H27N3O2. The van der Waals surface area contributed by atoms with Crippen LogP contribution in [-0.4, -0.2) is 61.6 Å². The van der Waals surface area contributed by atoms with Crippen LogP contribution in [-0.2, 0) is 11.3 Å². The van der Waals surface area contributed by atoms with Crippen LogP contribution in [0.25, 0.3) is 0 Å². The number of anilines is 1. The van der Waals surface area contributed by atoms with Crippen LogP contribution in [0.15, 0.2) is 54.6 Å². The summed E-state index contributed by atoms with van der Waals surface area (Å²) in [6.07, 6.45) is 1.01. The number of carbonyl (C=O) groups excluding carboxylic acids is 1. The standard InChI is InChI=1S/C22H27N3O2/c26-22(18-23-15-16-27-21-10-5-4-7-19(21)17-23)25-12-6-11-24(13-14-25)20-8-2-1-3-9-20/h1-5,7-10H,6,11-18H2. The van der Waals surface area contributed by atoms with E-state index in [-0.39, 0.29) is 5.91 Å². The molecule has 0 atom stereocenters. The molecule has 2 heterocycles. The molecule has 5 heteroatoms. The van der Waals surface area contributed by atoms with E-state index < -0.39 is 0 Å². The van der Waals surface area contributed by atoms with Gasteiger partial charge in [0, 0.05) is 50.5 Å². The van der Waals surface area contributed by atoms with Gasteiger partial charge in [-0.2, -0.15) is 0 Å². The molecule has 1 saturated heterocycles. The SMILES string of the molecule is O=C(CN1CCOc2ccccc2C1)N1CCCN(c2ccccc2)CC1. The van der Waals surface area contributed by atoms with Gasteiger partial charge >= 0.3 is 0 Å². The summed E-state index contributed by atoms with van der Waals surface area (Å²) in [4.78, 5) is 19.5. The Bertz CT molecular complexity index is 765. The molecule has 0 unspecified atom stereocenters. The van der Waals surface area contributed by atoms with Crippen LogP contribution in [0.2, 0.25) is 0 Å². The lowest BCUT2D eigenvalue weighted by Crippen LogP contribution is -2.42. The van der Waals surface area contributed by atoms with Crippen molar-refractivity contribution in [3.8, 4) is 5.75 Å². The van der Waals surface area contributed by atoms with E-state index in [0.29, 0.717) is 13.2 Å². The van der Waals surface area contributed by atoms with Crippen LogP contribution in [0.3, 0.4) is 0 Å². The molecule has 0 aliphatic carbocycles. The van der Waals surface area contributed by atoms with Crippen molar-refractivity contribution in [1.82, 2.24) is 9.80 Å². The van der Waals surface area contributed by atoms with Crippen LogP contribution in [0.5, 0.6) is 5.75 Å². The lowest BCUT2D eigenvalue weighted by molar-refractivity contribution is -0.132. The number of ether oxygens (including phenoxy) is 1. The maximum Gasteiger partial charge on any atom is 0.236 e. The van der Waals surface area contributed by atoms with Gasteiger partial charge in [-0.05, 0) is 24.6 Å². The Morgan fingerprint density at radius 1 is 0.889 bits per heavy atom. The second-order valence-electron chi connectivity index (χ2n) is 7.22. The van der Waals surface area contributed by atoms with Crippen molar-refractivity contribution in [2.24, 2.45) is 0 Å². The molecule has 2 aliphatic heterocycles. The van der Waals surface area contributed by atoms with E-state index in [2.05, 4.69) is 40.1 Å². The second-order valence-corrected chi connectivity index (χ2v) is 7.22. The van der Waals surface area contributed by atoms with Crippen LogP contribution >= 0.6 is 0 Å². The van der Waals surface area contributed by atoms with Gasteiger partial charge in [-0.1, -0.05) is 36.4 Å². The molecule has 0 saturated carbocycles. The fourth-order valence-electron chi connectivity index (χ4n) is 3.87. The lowest BCUT2D eigenvalue weighted by Gasteiger charge is -2.26. The third kappa shape index (κ3) is 4.42. The maximum atomic E-state index is 12.9. The van der Waals surface area contributed by atoms with Crippen LogP contribution in [0.4, 0.5) is 5.69 Å². The van der Waals surface area contributed by atoms with Gasteiger partial charge in [-0.25, -0.2) is 0 Å². The highest BCUT2D eigenvalue weighted by molar-refractivity contribution is 5.78. The quantitative estimate of drug-likeness (QED) is 0.838. The Morgan fingerprint density at radius 2 is 1.70 bits per heavy atom. The van der Waals surface area contributed by atoms with Gasteiger partial charge in [0.15, 0.2) is 0 Å². The summed E-state index contributed by atoms with van der Waals surface area (Å²) in [7, 11) is 0. The van der Waals surface area contributed by atoms with Gasteiger partial charge < -0.3 is 14.5 Å². The predicted octanol–water partition coefficient (Wildman–Crippen LogP) is 2.62. The third-order valence-corrected chi connectivity index (χ3v) is 5.36. The summed E-state index contributed by atoms with van der Waals surface area (Å²) in [5.74, 6) is 1.17. The molecule has 0 bridgehead atoms. The Morgan fingerprint density at radius 3 is 2.59 bits per heavy atom. The normalized spacial score (nSPS) is 18.2. The summed E-state index contributed by atoms with van der Waals surface area (Å²) >= 11 is 0. The number of benzene rings is 2. The Hall–Kier alpha value is -2.53. The van der Waals surface area contributed by atoms with Crippen molar-refractivity contribution < 1.29 is 9.53 Å². The summed E-state index contributed by atoms with van der Waals surface area (Å²) in [6.45, 7) is 6.16. The lowest BCUT2D eigenvalue weighted by atomic mass is 10.2. The molecule has 0 spiro atoms. The van der Waals surface area contributed by atoms with Crippen LogP contribution in [0, 0.1) is 0 Å². The highest BCUT2D eigenvalue weighted by Gasteiger charge is 2.23. The average Bonchev–Trinajstić information content (AvgIpc) is 3.07. The van der Waals surface area contributed by atoms with Gasteiger partial charge in [0.25, 0.3) is 0 Å². The summed E-state index contributed by atoms with van der Waals surface area (Å²) in [5, 5.41) is 0. The topological polar surface area (TPSA) is 36.0 Å². The fraction of sp³-hybridized carbons (Fsp3) is 0.409. The van der Waals surface area contributed by atoms with E-state index in [0.717, 1.165) is 57.0 Å². The van der Waals surface area contributed by atoms with Crippen molar-refractivity contribution in [2.75, 3.05) is 50.8 Å². The predicted molar refractivity (Wildman–Crippen MR) is 107 cm³/mol. The van der Waals surface area contributed by atoms with Crippen molar-refractivity contribution >= 4 is 11.6 Å². The van der Waals surface area contributed by atoms with Gasteiger partial charge in [0.2, 0.25) is 5.91 Å². The maximum absolute atomic E-state index is 12.9. The summed E-state index contributed by atoms with van der Waals surface area (Å²) in [5.41, 5.74) is 2.40. The number of hydrogen-bond acceptors (Lipinski definition) is 4. The minimum absolute atomic E-state index is 0.226. The number of hydrogen-bond donors (Lipinski definition) is 0. The molecule has 1 fully saturated rings. The smallest absolute Gasteiger partial charge is 0.236 e. The van der Waals surface area contributed by atoms with E-state index in [1.807, 2.05) is 29.2 Å². The van der Waals surface area contributed by atoms with Gasteiger partial charge in [-0.15, -0.1) is 0 Å². The first-order chi connectivity index (χ1) is 13.3. The fourth-order valence-corrected chi connectivity index (χ4v) is 3.87. The van der Waals surface area contributed by atoms with E-state index in [9.17, 15) is 4.79 Å². The zero-order valence-electron chi connectivity index (χ0n) is 15.7. The molecule has 4 rings (SSSR count). The summed E-state index contributed by atoms with van der Waals surface area (Å²) in [6, 6.07) is 18.6. The number of fused-ring (bicyclic) bond motifs is 1. The Labute approximate surface area is 161 Å². The van der Waals surface area contributed by atoms with Gasteiger partial charge in [-0.3, -0.25) is 9.69 Å². The molecule has 27 heavy (non-hydrogen) atoms. The van der Waals surface area contributed by atoms with E-state index >= 15 is 0 Å². The van der Waals surface area contributed by atoms with Crippen molar-refractivity contribution in [1.29, 1.82) is 0 Å². The summed E-state index contributed by atoms with van der Waals surface area (Å²) < 4.78 is 5.82.